The minimum Gasteiger partial charge on any atom is -0.455 e. The van der Waals surface area contributed by atoms with Gasteiger partial charge < -0.3 is 14.2 Å². The van der Waals surface area contributed by atoms with Crippen LogP contribution in [0.15, 0.2) is 247 Å². The molecule has 2 aliphatic carbocycles. The Hall–Kier alpha value is -8.92. The Labute approximate surface area is 447 Å². The first-order valence-electron chi connectivity index (χ1n) is 26.8. The van der Waals surface area contributed by atoms with Crippen LogP contribution < -0.4 is 9.80 Å². The zero-order valence-corrected chi connectivity index (χ0v) is 44.1. The minimum atomic E-state index is -0.778. The quantitative estimate of drug-likeness (QED) is 0.136. The highest BCUT2D eigenvalue weighted by Gasteiger charge is 2.49. The Morgan fingerprint density at radius 1 is 0.461 bits per heavy atom. The summed E-state index contributed by atoms with van der Waals surface area (Å²) in [4.78, 5) is 4.93. The number of para-hydroxylation sites is 1. The fraction of sp³-hybridized carbons (Fsp3) is 0.123. The van der Waals surface area contributed by atoms with Crippen molar-refractivity contribution in [3.8, 4) is 33.4 Å². The van der Waals surface area contributed by atoms with Crippen LogP contribution in [0.1, 0.15) is 63.4 Å². The van der Waals surface area contributed by atoms with E-state index >= 15 is 0 Å². The van der Waals surface area contributed by atoms with Crippen LogP contribution in [0.2, 0.25) is 0 Å². The van der Waals surface area contributed by atoms with Crippen molar-refractivity contribution in [1.82, 2.24) is 0 Å². The molecule has 0 bridgehead atoms. The van der Waals surface area contributed by atoms with Crippen molar-refractivity contribution in [3.63, 3.8) is 0 Å². The van der Waals surface area contributed by atoms with Gasteiger partial charge in [0.2, 0.25) is 0 Å². The number of furan rings is 1. The van der Waals surface area contributed by atoms with Gasteiger partial charge in [-0.05, 0) is 175 Å². The molecule has 1 heterocycles. The van der Waals surface area contributed by atoms with E-state index in [4.69, 9.17) is 4.42 Å². The maximum absolute atomic E-state index is 7.39. The first kappa shape index (κ1) is 46.8. The van der Waals surface area contributed by atoms with Crippen LogP contribution in [0.25, 0.3) is 55.3 Å². The van der Waals surface area contributed by atoms with E-state index in [-0.39, 0.29) is 0 Å². The zero-order valence-electron chi connectivity index (χ0n) is 44.1. The summed E-state index contributed by atoms with van der Waals surface area (Å²) in [6.07, 6.45) is 8.05. The lowest BCUT2D eigenvalue weighted by atomic mass is 9.67. The summed E-state index contributed by atoms with van der Waals surface area (Å²) in [5.41, 5.74) is 25.7. The lowest BCUT2D eigenvalue weighted by molar-refractivity contribution is 0.669. The van der Waals surface area contributed by atoms with Gasteiger partial charge in [0.05, 0.1) is 16.5 Å². The second-order valence-corrected chi connectivity index (χ2v) is 21.3. The van der Waals surface area contributed by atoms with Gasteiger partial charge in [0, 0.05) is 39.4 Å². The number of anilines is 5. The molecule has 0 aliphatic heterocycles. The van der Waals surface area contributed by atoms with Gasteiger partial charge in [-0.1, -0.05) is 193 Å². The molecule has 3 nitrogen and oxygen atoms in total. The molecule has 76 heavy (non-hydrogen) atoms. The first-order valence-corrected chi connectivity index (χ1v) is 26.8. The summed E-state index contributed by atoms with van der Waals surface area (Å²) in [5.74, 6) is 0.463. The highest BCUT2D eigenvalue weighted by molar-refractivity contribution is 6.19. The highest BCUT2D eigenvalue weighted by Crippen LogP contribution is 2.62. The second kappa shape index (κ2) is 18.8. The summed E-state index contributed by atoms with van der Waals surface area (Å²) in [6, 6.07) is 81.3. The number of aryl methyl sites for hydroxylation is 5. The number of rotatable bonds is 10. The van der Waals surface area contributed by atoms with E-state index in [1.807, 2.05) is 0 Å². The van der Waals surface area contributed by atoms with Gasteiger partial charge in [-0.2, -0.15) is 0 Å². The van der Waals surface area contributed by atoms with Crippen LogP contribution in [-0.4, -0.2) is 0 Å². The maximum atomic E-state index is 7.39. The lowest BCUT2D eigenvalue weighted by Crippen LogP contribution is -2.29. The van der Waals surface area contributed by atoms with Crippen LogP contribution in [0.3, 0.4) is 0 Å². The largest absolute Gasteiger partial charge is 0.455 e. The van der Waals surface area contributed by atoms with Crippen molar-refractivity contribution < 1.29 is 4.42 Å². The highest BCUT2D eigenvalue weighted by atomic mass is 16.3. The lowest BCUT2D eigenvalue weighted by Gasteiger charge is -2.36. The van der Waals surface area contributed by atoms with E-state index in [0.29, 0.717) is 5.92 Å². The third kappa shape index (κ3) is 7.80. The third-order valence-corrected chi connectivity index (χ3v) is 16.1. The molecule has 0 fully saturated rings. The average Bonchev–Trinajstić information content (AvgIpc) is 4.14. The second-order valence-electron chi connectivity index (χ2n) is 21.3. The van der Waals surface area contributed by atoms with Gasteiger partial charge in [-0.3, -0.25) is 0 Å². The van der Waals surface area contributed by atoms with E-state index in [1.165, 1.54) is 77.9 Å². The Kier molecular flexibility index (Phi) is 11.6. The molecule has 0 saturated heterocycles. The molecule has 2 aliphatic rings. The molecule has 3 heteroatoms. The van der Waals surface area contributed by atoms with Gasteiger partial charge in [0.1, 0.15) is 11.2 Å². The molecule has 11 aromatic rings. The minimum absolute atomic E-state index is 0.463. The summed E-state index contributed by atoms with van der Waals surface area (Å²) >= 11 is 0. The van der Waals surface area contributed by atoms with Crippen molar-refractivity contribution in [2.24, 2.45) is 5.92 Å². The standard InChI is InChI=1S/C73H60N2O/c1-47-25-33-57(34-26-47)74(58-37-29-53(30-38-58)62-21-9-7-17-51(62)5)61-41-42-64-66(45-61)73(55-19-13-15-49(3)43-55,56-20-14-16-50(4)44-56)67-46-68(71-65-23-11-12-24-69(65)76-72(71)70(64)67)75(59-35-27-48(2)28-36-59)60-39-31-54(32-40-60)63-22-10-8-18-52(63)6/h7-25,27-47H,26H2,1-6H3. The topological polar surface area (TPSA) is 19.6 Å². The van der Waals surface area contributed by atoms with Crippen molar-refractivity contribution in [3.05, 3.63) is 292 Å². The number of allylic oxidation sites excluding steroid dienone is 3. The van der Waals surface area contributed by atoms with Gasteiger partial charge in [-0.15, -0.1) is 0 Å². The van der Waals surface area contributed by atoms with Crippen LogP contribution in [0, 0.1) is 40.5 Å². The molecule has 0 spiro atoms. The van der Waals surface area contributed by atoms with E-state index in [9.17, 15) is 0 Å². The van der Waals surface area contributed by atoms with E-state index in [2.05, 4.69) is 288 Å². The van der Waals surface area contributed by atoms with E-state index in [1.54, 1.807) is 0 Å². The van der Waals surface area contributed by atoms with Gasteiger partial charge in [-0.25, -0.2) is 0 Å². The number of nitrogens with zero attached hydrogens (tertiary/aromatic N) is 2. The van der Waals surface area contributed by atoms with Crippen molar-refractivity contribution >= 4 is 50.4 Å². The number of benzene rings is 10. The number of hydrogen-bond acceptors (Lipinski definition) is 3. The molecule has 0 saturated carbocycles. The molecular weight excluding hydrogens is 921 g/mol. The third-order valence-electron chi connectivity index (χ3n) is 16.1. The average molecular weight is 981 g/mol. The molecule has 0 N–H and O–H groups in total. The summed E-state index contributed by atoms with van der Waals surface area (Å²) in [6.45, 7) is 13.3. The molecule has 0 radical (unpaired) electrons. The zero-order chi connectivity index (χ0) is 51.7. The normalized spacial score (nSPS) is 14.4. The maximum Gasteiger partial charge on any atom is 0.145 e. The monoisotopic (exact) mass is 980 g/mol. The fourth-order valence-electron chi connectivity index (χ4n) is 12.3. The van der Waals surface area contributed by atoms with Gasteiger partial charge in [0.15, 0.2) is 0 Å². The molecule has 13 rings (SSSR count). The summed E-state index contributed by atoms with van der Waals surface area (Å²) in [5, 5.41) is 2.16. The Morgan fingerprint density at radius 2 is 1.01 bits per heavy atom. The van der Waals surface area contributed by atoms with E-state index < -0.39 is 5.41 Å². The Bertz CT molecular complexity index is 4050. The Morgan fingerprint density at radius 3 is 1.59 bits per heavy atom. The molecule has 10 aromatic carbocycles. The SMILES string of the molecule is Cc1ccc(N(c2ccc(-c3ccccc3C)cc2)c2cc3c(c4oc5ccccc5c24)-c2ccc(N(C4=CCC(C)C=C4)c4ccc(-c5ccccc5C)cc4)cc2C3(c2cccc(C)c2)c2cccc(C)c2)cc1. The predicted molar refractivity (Wildman–Crippen MR) is 320 cm³/mol. The van der Waals surface area contributed by atoms with E-state index in [0.717, 1.165) is 68.1 Å². The van der Waals surface area contributed by atoms with Gasteiger partial charge >= 0.3 is 0 Å². The van der Waals surface area contributed by atoms with Crippen molar-refractivity contribution in [1.29, 1.82) is 0 Å². The van der Waals surface area contributed by atoms with Crippen molar-refractivity contribution in [2.45, 2.75) is 53.4 Å². The fourth-order valence-corrected chi connectivity index (χ4v) is 12.3. The molecule has 1 atom stereocenters. The van der Waals surface area contributed by atoms with Crippen LogP contribution in [0.5, 0.6) is 0 Å². The molecule has 0 amide bonds. The molecule has 1 aromatic heterocycles. The predicted octanol–water partition coefficient (Wildman–Crippen LogP) is 19.9. The van der Waals surface area contributed by atoms with Crippen LogP contribution in [-0.2, 0) is 5.41 Å². The first-order chi connectivity index (χ1) is 37.1. The summed E-state index contributed by atoms with van der Waals surface area (Å²) in [7, 11) is 0. The molecule has 368 valence electrons. The van der Waals surface area contributed by atoms with Crippen LogP contribution in [0.4, 0.5) is 28.4 Å². The van der Waals surface area contributed by atoms with Gasteiger partial charge in [0.25, 0.3) is 0 Å². The Balaban J connectivity index is 1.11. The molecule has 1 unspecified atom stereocenters. The smallest absolute Gasteiger partial charge is 0.145 e. The number of hydrogen-bond donors (Lipinski definition) is 0. The summed E-state index contributed by atoms with van der Waals surface area (Å²) < 4.78 is 7.39. The van der Waals surface area contributed by atoms with Crippen molar-refractivity contribution in [2.75, 3.05) is 9.80 Å². The van der Waals surface area contributed by atoms with Crippen LogP contribution >= 0.6 is 0 Å². The molecular formula is C73H60N2O. The number of fused-ring (bicyclic) bond motifs is 7.